The number of thiazole rings is 1. The maximum Gasteiger partial charge on any atom is 0.311 e. The van der Waals surface area contributed by atoms with Gasteiger partial charge in [0.15, 0.2) is 22.3 Å². The van der Waals surface area contributed by atoms with Crippen LogP contribution in [-0.4, -0.2) is 43.9 Å². The van der Waals surface area contributed by atoms with Gasteiger partial charge in [0.05, 0.1) is 36.5 Å². The predicted molar refractivity (Wildman–Crippen MR) is 122 cm³/mol. The van der Waals surface area contributed by atoms with Gasteiger partial charge in [-0.3, -0.25) is 9.59 Å². The van der Waals surface area contributed by atoms with Crippen molar-refractivity contribution in [3.8, 4) is 22.9 Å². The Hall–Kier alpha value is -3.51. The molecule has 0 bridgehead atoms. The summed E-state index contributed by atoms with van der Waals surface area (Å²) in [4.78, 5) is 33.0. The molecular weight excluding hydrogens is 466 g/mol. The van der Waals surface area contributed by atoms with E-state index in [2.05, 4.69) is 25.5 Å². The van der Waals surface area contributed by atoms with E-state index in [9.17, 15) is 9.59 Å². The highest BCUT2D eigenvalue weighted by Gasteiger charge is 2.22. The number of carbonyl (C=O) groups excluding carboxylic acids is 2. The van der Waals surface area contributed by atoms with Crippen LogP contribution in [0.1, 0.15) is 19.5 Å². The Bertz CT molecular complexity index is 1220. The van der Waals surface area contributed by atoms with Gasteiger partial charge in [-0.05, 0) is 38.1 Å². The molecule has 0 aliphatic heterocycles. The molecule has 0 radical (unpaired) electrons. The zero-order valence-electron chi connectivity index (χ0n) is 17.7. The van der Waals surface area contributed by atoms with Gasteiger partial charge in [-0.2, -0.15) is 0 Å². The molecule has 4 aromatic rings. The molecule has 4 rings (SSSR count). The zero-order valence-corrected chi connectivity index (χ0v) is 19.3. The van der Waals surface area contributed by atoms with Gasteiger partial charge in [-0.25, -0.2) is 9.97 Å². The van der Waals surface area contributed by atoms with Crippen LogP contribution in [0.3, 0.4) is 0 Å². The van der Waals surface area contributed by atoms with Crippen LogP contribution in [0.25, 0.3) is 22.9 Å². The average Bonchev–Trinajstić information content (AvgIpc) is 3.57. The highest BCUT2D eigenvalue weighted by Crippen LogP contribution is 2.31. The molecule has 0 saturated carbocycles. The van der Waals surface area contributed by atoms with Crippen LogP contribution in [0, 0.1) is 0 Å². The minimum Gasteiger partial charge on any atom is -0.466 e. The van der Waals surface area contributed by atoms with E-state index in [1.165, 1.54) is 23.9 Å². The van der Waals surface area contributed by atoms with Gasteiger partial charge >= 0.3 is 5.97 Å². The van der Waals surface area contributed by atoms with Gasteiger partial charge in [-0.15, -0.1) is 21.5 Å². The number of furan rings is 2. The molecule has 4 heterocycles. The molecule has 1 atom stereocenters. The van der Waals surface area contributed by atoms with Crippen molar-refractivity contribution in [3.05, 3.63) is 47.9 Å². The Morgan fingerprint density at radius 3 is 2.52 bits per heavy atom. The van der Waals surface area contributed by atoms with Gasteiger partial charge in [-0.1, -0.05) is 11.8 Å². The summed E-state index contributed by atoms with van der Waals surface area (Å²) in [5, 5.41) is 13.0. The second-order valence-electron chi connectivity index (χ2n) is 6.62. The molecule has 1 amide bonds. The van der Waals surface area contributed by atoms with Crippen molar-refractivity contribution in [1.82, 2.24) is 20.2 Å². The molecular formula is C21H19N5O5S2. The number of nitrogens with one attached hydrogen (secondary N) is 1. The van der Waals surface area contributed by atoms with Crippen LogP contribution < -0.4 is 5.32 Å². The quantitative estimate of drug-likeness (QED) is 0.273. The lowest BCUT2D eigenvalue weighted by atomic mass is 10.2. The summed E-state index contributed by atoms with van der Waals surface area (Å²) in [5.74, 6) is 0.369. The Morgan fingerprint density at radius 2 is 1.85 bits per heavy atom. The third-order valence-electron chi connectivity index (χ3n) is 4.24. The van der Waals surface area contributed by atoms with Crippen LogP contribution in [0.4, 0.5) is 5.13 Å². The number of ether oxygens (including phenoxy) is 1. The standard InChI is InChI=1S/C21H19N5O5S2/c1-3-29-16(27)10-13-11-32-20(22-13)24-19(28)12(2)33-21-23-17(14-6-4-8-30-14)18(25-26-21)15-7-5-9-31-15/h4-9,11-12H,3,10H2,1-2H3,(H,22,24,28). The van der Waals surface area contributed by atoms with Crippen molar-refractivity contribution in [1.29, 1.82) is 0 Å². The average molecular weight is 486 g/mol. The summed E-state index contributed by atoms with van der Waals surface area (Å²) in [6, 6.07) is 7.01. The Labute approximate surface area is 196 Å². The van der Waals surface area contributed by atoms with Gasteiger partial charge < -0.3 is 18.9 Å². The van der Waals surface area contributed by atoms with Crippen LogP contribution in [0.5, 0.6) is 0 Å². The second kappa shape index (κ2) is 10.4. The molecule has 0 aliphatic rings. The molecule has 0 saturated heterocycles. The van der Waals surface area contributed by atoms with Crippen molar-refractivity contribution in [2.75, 3.05) is 11.9 Å². The summed E-state index contributed by atoms with van der Waals surface area (Å²) in [6.45, 7) is 3.77. The van der Waals surface area contributed by atoms with Crippen molar-refractivity contribution in [2.24, 2.45) is 0 Å². The van der Waals surface area contributed by atoms with E-state index in [4.69, 9.17) is 13.6 Å². The summed E-state index contributed by atoms with van der Waals surface area (Å²) in [5.41, 5.74) is 1.44. The monoisotopic (exact) mass is 485 g/mol. The first kappa shape index (κ1) is 22.7. The van der Waals surface area contributed by atoms with Gasteiger partial charge in [0.25, 0.3) is 0 Å². The SMILES string of the molecule is CCOC(=O)Cc1csc(NC(=O)C(C)Sc2nnc(-c3ccco3)c(-c3ccco3)n2)n1. The molecule has 0 aromatic carbocycles. The van der Waals surface area contributed by atoms with E-state index in [1.807, 2.05) is 0 Å². The molecule has 0 aliphatic carbocycles. The lowest BCUT2D eigenvalue weighted by molar-refractivity contribution is -0.142. The lowest BCUT2D eigenvalue weighted by Gasteiger charge is -2.10. The summed E-state index contributed by atoms with van der Waals surface area (Å²) in [7, 11) is 0. The van der Waals surface area contributed by atoms with E-state index in [0.29, 0.717) is 45.5 Å². The number of hydrogen-bond donors (Lipinski definition) is 1. The fraction of sp³-hybridized carbons (Fsp3) is 0.238. The number of nitrogens with zero attached hydrogens (tertiary/aromatic N) is 4. The highest BCUT2D eigenvalue weighted by molar-refractivity contribution is 8.00. The van der Waals surface area contributed by atoms with Gasteiger partial charge in [0.1, 0.15) is 5.69 Å². The Balaban J connectivity index is 1.44. The van der Waals surface area contributed by atoms with Crippen molar-refractivity contribution in [2.45, 2.75) is 30.7 Å². The number of amides is 1. The number of carbonyl (C=O) groups is 2. The van der Waals surface area contributed by atoms with E-state index in [0.717, 1.165) is 11.8 Å². The molecule has 12 heteroatoms. The minimum atomic E-state index is -0.539. The van der Waals surface area contributed by atoms with Crippen LogP contribution in [0.2, 0.25) is 0 Å². The normalized spacial score (nSPS) is 11.8. The first-order valence-corrected chi connectivity index (χ1v) is 11.7. The van der Waals surface area contributed by atoms with E-state index >= 15 is 0 Å². The largest absolute Gasteiger partial charge is 0.466 e. The first-order chi connectivity index (χ1) is 16.0. The van der Waals surface area contributed by atoms with Crippen LogP contribution >= 0.6 is 23.1 Å². The lowest BCUT2D eigenvalue weighted by Crippen LogP contribution is -2.22. The number of thioether (sulfide) groups is 1. The topological polar surface area (TPSA) is 133 Å². The predicted octanol–water partition coefficient (Wildman–Crippen LogP) is 4.07. The van der Waals surface area contributed by atoms with Crippen molar-refractivity contribution < 1.29 is 23.2 Å². The molecule has 4 aromatic heterocycles. The van der Waals surface area contributed by atoms with Crippen LogP contribution in [-0.2, 0) is 20.7 Å². The van der Waals surface area contributed by atoms with E-state index < -0.39 is 5.25 Å². The number of aromatic nitrogens is 4. The second-order valence-corrected chi connectivity index (χ2v) is 8.79. The molecule has 170 valence electrons. The molecule has 0 spiro atoms. The summed E-state index contributed by atoms with van der Waals surface area (Å²) >= 11 is 2.38. The van der Waals surface area contributed by atoms with Crippen molar-refractivity contribution in [3.63, 3.8) is 0 Å². The molecule has 10 nitrogen and oxygen atoms in total. The number of esters is 1. The molecule has 33 heavy (non-hydrogen) atoms. The zero-order chi connectivity index (χ0) is 23.2. The molecule has 0 fully saturated rings. The van der Waals surface area contributed by atoms with Gasteiger partial charge in [0, 0.05) is 5.38 Å². The van der Waals surface area contributed by atoms with E-state index in [-0.39, 0.29) is 18.3 Å². The first-order valence-electron chi connectivity index (χ1n) is 9.93. The third-order valence-corrected chi connectivity index (χ3v) is 6.00. The van der Waals surface area contributed by atoms with Crippen LogP contribution in [0.15, 0.2) is 56.2 Å². The highest BCUT2D eigenvalue weighted by atomic mass is 32.2. The molecule has 1 unspecified atom stereocenters. The van der Waals surface area contributed by atoms with Gasteiger partial charge in [0.2, 0.25) is 11.1 Å². The maximum absolute atomic E-state index is 12.7. The maximum atomic E-state index is 12.7. The Kier molecular flexibility index (Phi) is 7.15. The number of hydrogen-bond acceptors (Lipinski definition) is 11. The number of anilines is 1. The smallest absolute Gasteiger partial charge is 0.311 e. The number of rotatable bonds is 9. The molecule has 1 N–H and O–H groups in total. The fourth-order valence-electron chi connectivity index (χ4n) is 2.75. The fourth-order valence-corrected chi connectivity index (χ4v) is 4.18. The summed E-state index contributed by atoms with van der Waals surface area (Å²) < 4.78 is 15.8. The third kappa shape index (κ3) is 5.65. The minimum absolute atomic E-state index is 0.0571. The van der Waals surface area contributed by atoms with E-state index in [1.54, 1.807) is 43.5 Å². The Morgan fingerprint density at radius 1 is 1.12 bits per heavy atom. The summed E-state index contributed by atoms with van der Waals surface area (Å²) in [6.07, 6.45) is 3.13. The van der Waals surface area contributed by atoms with Crippen molar-refractivity contribution >= 4 is 40.1 Å².